The molecule has 0 aliphatic heterocycles. The van der Waals surface area contributed by atoms with E-state index >= 15 is 0 Å². The summed E-state index contributed by atoms with van der Waals surface area (Å²) in [7, 11) is 2.01. The van der Waals surface area contributed by atoms with E-state index < -0.39 is 0 Å². The van der Waals surface area contributed by atoms with Crippen LogP contribution < -0.4 is 10.2 Å². The Hall–Kier alpha value is -1.65. The molecule has 0 radical (unpaired) electrons. The van der Waals surface area contributed by atoms with E-state index in [4.69, 9.17) is 0 Å². The van der Waals surface area contributed by atoms with Crippen LogP contribution in [-0.2, 0) is 4.79 Å². The molecule has 0 saturated heterocycles. The summed E-state index contributed by atoms with van der Waals surface area (Å²) in [5.41, 5.74) is 0. The van der Waals surface area contributed by atoms with Gasteiger partial charge in [-0.05, 0) is 31.4 Å². The van der Waals surface area contributed by atoms with Crippen LogP contribution in [0.25, 0.3) is 0 Å². The second-order valence-electron chi connectivity index (χ2n) is 5.88. The molecule has 1 aliphatic carbocycles. The van der Waals surface area contributed by atoms with Crippen molar-refractivity contribution in [2.75, 3.05) is 23.8 Å². The molecular formula is C16H26N4O. The number of nitrogens with one attached hydrogen (secondary N) is 1. The van der Waals surface area contributed by atoms with Crippen LogP contribution in [0.5, 0.6) is 0 Å². The predicted octanol–water partition coefficient (Wildman–Crippen LogP) is 3.23. The molecule has 1 N–H and O–H groups in total. The van der Waals surface area contributed by atoms with Gasteiger partial charge >= 0.3 is 0 Å². The van der Waals surface area contributed by atoms with E-state index in [0.717, 1.165) is 50.9 Å². The second kappa shape index (κ2) is 7.96. The van der Waals surface area contributed by atoms with Gasteiger partial charge in [0.2, 0.25) is 5.91 Å². The molecule has 0 bridgehead atoms. The van der Waals surface area contributed by atoms with Gasteiger partial charge in [-0.15, -0.1) is 10.2 Å². The van der Waals surface area contributed by atoms with Crippen LogP contribution >= 0.6 is 0 Å². The number of nitrogens with zero attached hydrogens (tertiary/aromatic N) is 3. The van der Waals surface area contributed by atoms with Crippen molar-refractivity contribution in [3.63, 3.8) is 0 Å². The molecule has 0 atom stereocenters. The summed E-state index contributed by atoms with van der Waals surface area (Å²) in [6.07, 6.45) is 7.86. The predicted molar refractivity (Wildman–Crippen MR) is 85.4 cm³/mol. The van der Waals surface area contributed by atoms with Gasteiger partial charge in [0.1, 0.15) is 0 Å². The SMILES string of the molecule is CCCCN(C)c1ccc(NC(=O)C2CCCCC2)nn1. The van der Waals surface area contributed by atoms with Gasteiger partial charge in [0, 0.05) is 19.5 Å². The third kappa shape index (κ3) is 4.69. The number of hydrogen-bond donors (Lipinski definition) is 1. The Morgan fingerprint density at radius 3 is 2.67 bits per heavy atom. The zero-order valence-electron chi connectivity index (χ0n) is 13.1. The normalized spacial score (nSPS) is 15.7. The maximum atomic E-state index is 12.1. The molecule has 1 aromatic rings. The highest BCUT2D eigenvalue weighted by molar-refractivity contribution is 5.91. The van der Waals surface area contributed by atoms with Crippen molar-refractivity contribution in [3.05, 3.63) is 12.1 Å². The fourth-order valence-electron chi connectivity index (χ4n) is 2.70. The van der Waals surface area contributed by atoms with Gasteiger partial charge in [-0.3, -0.25) is 4.79 Å². The average Bonchev–Trinajstić information content (AvgIpc) is 2.54. The topological polar surface area (TPSA) is 58.1 Å². The molecule has 1 saturated carbocycles. The van der Waals surface area contributed by atoms with E-state index in [-0.39, 0.29) is 11.8 Å². The van der Waals surface area contributed by atoms with Crippen LogP contribution in [0.1, 0.15) is 51.9 Å². The summed E-state index contributed by atoms with van der Waals surface area (Å²) in [6.45, 7) is 3.14. The maximum Gasteiger partial charge on any atom is 0.228 e. The van der Waals surface area contributed by atoms with E-state index in [2.05, 4.69) is 27.3 Å². The first-order chi connectivity index (χ1) is 10.2. The van der Waals surface area contributed by atoms with Crippen molar-refractivity contribution in [2.45, 2.75) is 51.9 Å². The van der Waals surface area contributed by atoms with Crippen LogP contribution in [0.2, 0.25) is 0 Å². The van der Waals surface area contributed by atoms with Gasteiger partial charge in [-0.1, -0.05) is 32.6 Å². The Kier molecular flexibility index (Phi) is 5.96. The fourth-order valence-corrected chi connectivity index (χ4v) is 2.70. The minimum atomic E-state index is 0.0936. The maximum absolute atomic E-state index is 12.1. The second-order valence-corrected chi connectivity index (χ2v) is 5.88. The van der Waals surface area contributed by atoms with Crippen LogP contribution in [0.3, 0.4) is 0 Å². The summed E-state index contributed by atoms with van der Waals surface area (Å²) in [6, 6.07) is 3.75. The van der Waals surface area contributed by atoms with Crippen LogP contribution in [0.15, 0.2) is 12.1 Å². The highest BCUT2D eigenvalue weighted by Gasteiger charge is 2.21. The number of carbonyl (C=O) groups excluding carboxylic acids is 1. The monoisotopic (exact) mass is 290 g/mol. The first kappa shape index (κ1) is 15.7. The molecular weight excluding hydrogens is 264 g/mol. The molecule has 116 valence electrons. The fraction of sp³-hybridized carbons (Fsp3) is 0.688. The minimum Gasteiger partial charge on any atom is -0.358 e. The summed E-state index contributed by atoms with van der Waals surface area (Å²) in [5.74, 6) is 1.64. The van der Waals surface area contributed by atoms with E-state index in [9.17, 15) is 4.79 Å². The van der Waals surface area contributed by atoms with E-state index in [1.807, 2.05) is 19.2 Å². The zero-order chi connectivity index (χ0) is 15.1. The van der Waals surface area contributed by atoms with Crippen LogP contribution in [0.4, 0.5) is 11.6 Å². The minimum absolute atomic E-state index is 0.0936. The highest BCUT2D eigenvalue weighted by Crippen LogP contribution is 2.24. The van der Waals surface area contributed by atoms with Gasteiger partial charge in [0.25, 0.3) is 0 Å². The number of anilines is 2. The van der Waals surface area contributed by atoms with Crippen LogP contribution in [0, 0.1) is 5.92 Å². The largest absolute Gasteiger partial charge is 0.358 e. The molecule has 0 spiro atoms. The van der Waals surface area contributed by atoms with Crippen molar-refractivity contribution < 1.29 is 4.79 Å². The standard InChI is InChI=1S/C16H26N4O/c1-3-4-12-20(2)15-11-10-14(18-19-15)17-16(21)13-8-6-5-7-9-13/h10-11,13H,3-9,12H2,1-2H3,(H,17,18,21). The van der Waals surface area contributed by atoms with Crippen molar-refractivity contribution in [3.8, 4) is 0 Å². The lowest BCUT2D eigenvalue weighted by Gasteiger charge is -2.20. The summed E-state index contributed by atoms with van der Waals surface area (Å²) < 4.78 is 0. The van der Waals surface area contributed by atoms with Gasteiger partial charge in [0.05, 0.1) is 0 Å². The first-order valence-electron chi connectivity index (χ1n) is 8.06. The number of rotatable bonds is 6. The lowest BCUT2D eigenvalue weighted by molar-refractivity contribution is -0.120. The average molecular weight is 290 g/mol. The Morgan fingerprint density at radius 2 is 2.05 bits per heavy atom. The van der Waals surface area contributed by atoms with Crippen molar-refractivity contribution in [2.24, 2.45) is 5.92 Å². The highest BCUT2D eigenvalue weighted by atomic mass is 16.1. The number of carbonyl (C=O) groups is 1. The molecule has 0 aromatic carbocycles. The third-order valence-electron chi connectivity index (χ3n) is 4.12. The third-order valence-corrected chi connectivity index (χ3v) is 4.12. The summed E-state index contributed by atoms with van der Waals surface area (Å²) in [5, 5.41) is 11.2. The number of hydrogen-bond acceptors (Lipinski definition) is 4. The zero-order valence-corrected chi connectivity index (χ0v) is 13.1. The van der Waals surface area contributed by atoms with E-state index in [0.29, 0.717) is 5.82 Å². The van der Waals surface area contributed by atoms with Gasteiger partial charge in [0.15, 0.2) is 11.6 Å². The van der Waals surface area contributed by atoms with Gasteiger partial charge in [-0.2, -0.15) is 0 Å². The molecule has 21 heavy (non-hydrogen) atoms. The Labute approximate surface area is 127 Å². The van der Waals surface area contributed by atoms with Crippen molar-refractivity contribution >= 4 is 17.5 Å². The smallest absolute Gasteiger partial charge is 0.228 e. The lowest BCUT2D eigenvalue weighted by atomic mass is 9.89. The molecule has 0 unspecified atom stereocenters. The molecule has 1 aromatic heterocycles. The Morgan fingerprint density at radius 1 is 1.29 bits per heavy atom. The quantitative estimate of drug-likeness (QED) is 0.874. The summed E-state index contributed by atoms with van der Waals surface area (Å²) >= 11 is 0. The Balaban J connectivity index is 1.88. The molecule has 2 rings (SSSR count). The van der Waals surface area contributed by atoms with Gasteiger partial charge < -0.3 is 10.2 Å². The molecule has 5 nitrogen and oxygen atoms in total. The molecule has 1 amide bonds. The van der Waals surface area contributed by atoms with Crippen molar-refractivity contribution in [1.82, 2.24) is 10.2 Å². The Bertz CT molecular complexity index is 440. The van der Waals surface area contributed by atoms with E-state index in [1.165, 1.54) is 6.42 Å². The molecule has 5 heteroatoms. The van der Waals surface area contributed by atoms with Crippen LogP contribution in [-0.4, -0.2) is 29.7 Å². The number of amides is 1. The number of aromatic nitrogens is 2. The summed E-state index contributed by atoms with van der Waals surface area (Å²) in [4.78, 5) is 14.2. The lowest BCUT2D eigenvalue weighted by Crippen LogP contribution is -2.25. The molecule has 1 heterocycles. The number of unbranched alkanes of at least 4 members (excludes halogenated alkanes) is 1. The molecule has 1 fully saturated rings. The first-order valence-corrected chi connectivity index (χ1v) is 8.06. The van der Waals surface area contributed by atoms with Gasteiger partial charge in [-0.25, -0.2) is 0 Å². The molecule has 1 aliphatic rings. The van der Waals surface area contributed by atoms with Crippen molar-refractivity contribution in [1.29, 1.82) is 0 Å². The van der Waals surface area contributed by atoms with E-state index in [1.54, 1.807) is 0 Å².